The van der Waals surface area contributed by atoms with Gasteiger partial charge in [0.05, 0.1) is 17.3 Å². The predicted molar refractivity (Wildman–Crippen MR) is 84.4 cm³/mol. The molecule has 0 bridgehead atoms. The standard InChI is InChI=1S/C15H12ClFN2OS/c1-9-8-21-14(13(9)16)15(20)19-12-5-4-10(3-2-6-18)7-11(12)17/h4-5,7-8H,6,18H2,1H3,(H,19,20). The van der Waals surface area contributed by atoms with Crippen molar-refractivity contribution in [1.29, 1.82) is 0 Å². The van der Waals surface area contributed by atoms with Gasteiger partial charge < -0.3 is 11.1 Å². The normalized spacial score (nSPS) is 9.90. The highest BCUT2D eigenvalue weighted by Crippen LogP contribution is 2.28. The number of rotatable bonds is 2. The zero-order valence-electron chi connectivity index (χ0n) is 11.2. The lowest BCUT2D eigenvalue weighted by atomic mass is 10.2. The van der Waals surface area contributed by atoms with Crippen molar-refractivity contribution in [1.82, 2.24) is 0 Å². The molecule has 0 aliphatic carbocycles. The molecule has 1 heterocycles. The molecule has 0 saturated heterocycles. The fourth-order valence-corrected chi connectivity index (χ4v) is 2.78. The molecule has 2 rings (SSSR count). The smallest absolute Gasteiger partial charge is 0.267 e. The number of carbonyl (C=O) groups is 1. The molecule has 21 heavy (non-hydrogen) atoms. The summed E-state index contributed by atoms with van der Waals surface area (Å²) in [5.41, 5.74) is 6.66. The summed E-state index contributed by atoms with van der Waals surface area (Å²) in [5, 5.41) is 4.67. The second-order valence-electron chi connectivity index (χ2n) is 4.22. The molecule has 1 aromatic carbocycles. The van der Waals surface area contributed by atoms with Crippen LogP contribution < -0.4 is 11.1 Å². The molecule has 3 N–H and O–H groups in total. The first-order valence-electron chi connectivity index (χ1n) is 6.06. The number of aryl methyl sites for hydroxylation is 1. The van der Waals surface area contributed by atoms with Crippen LogP contribution in [-0.4, -0.2) is 12.5 Å². The minimum atomic E-state index is -0.559. The molecule has 1 amide bonds. The highest BCUT2D eigenvalue weighted by atomic mass is 35.5. The molecular weight excluding hydrogens is 311 g/mol. The topological polar surface area (TPSA) is 55.1 Å². The zero-order valence-corrected chi connectivity index (χ0v) is 12.7. The molecule has 0 unspecified atom stereocenters. The van der Waals surface area contributed by atoms with Gasteiger partial charge in [0.1, 0.15) is 10.7 Å². The van der Waals surface area contributed by atoms with E-state index in [1.54, 1.807) is 18.4 Å². The van der Waals surface area contributed by atoms with Crippen LogP contribution in [0.5, 0.6) is 0 Å². The van der Waals surface area contributed by atoms with Crippen LogP contribution in [0, 0.1) is 24.6 Å². The van der Waals surface area contributed by atoms with Crippen molar-refractivity contribution in [3.8, 4) is 11.8 Å². The molecule has 3 nitrogen and oxygen atoms in total. The zero-order chi connectivity index (χ0) is 15.4. The van der Waals surface area contributed by atoms with Crippen molar-refractivity contribution in [3.63, 3.8) is 0 Å². The average molecular weight is 323 g/mol. The maximum absolute atomic E-state index is 13.9. The van der Waals surface area contributed by atoms with E-state index >= 15 is 0 Å². The Kier molecular flexibility index (Phi) is 4.97. The molecular formula is C15H12ClFN2OS. The number of amides is 1. The van der Waals surface area contributed by atoms with Gasteiger partial charge in [0.2, 0.25) is 0 Å². The molecule has 0 atom stereocenters. The van der Waals surface area contributed by atoms with Gasteiger partial charge in [-0.1, -0.05) is 23.4 Å². The number of hydrogen-bond acceptors (Lipinski definition) is 3. The summed E-state index contributed by atoms with van der Waals surface area (Å²) in [4.78, 5) is 12.4. The van der Waals surface area contributed by atoms with Gasteiger partial charge in [-0.25, -0.2) is 4.39 Å². The second kappa shape index (κ2) is 6.72. The number of carbonyl (C=O) groups excluding carboxylic acids is 1. The Morgan fingerprint density at radius 3 is 2.86 bits per heavy atom. The average Bonchev–Trinajstić information content (AvgIpc) is 2.79. The summed E-state index contributed by atoms with van der Waals surface area (Å²) in [5.74, 6) is 4.37. The number of benzene rings is 1. The number of anilines is 1. The molecule has 0 spiro atoms. The molecule has 6 heteroatoms. The van der Waals surface area contributed by atoms with Gasteiger partial charge in [0.15, 0.2) is 0 Å². The van der Waals surface area contributed by atoms with Crippen molar-refractivity contribution in [2.75, 3.05) is 11.9 Å². The Morgan fingerprint density at radius 1 is 1.52 bits per heavy atom. The third-order valence-corrected chi connectivity index (χ3v) is 4.35. The monoisotopic (exact) mass is 322 g/mol. The Morgan fingerprint density at radius 2 is 2.29 bits per heavy atom. The minimum Gasteiger partial charge on any atom is -0.320 e. The molecule has 108 valence electrons. The summed E-state index contributed by atoms with van der Waals surface area (Å²) >= 11 is 7.24. The van der Waals surface area contributed by atoms with E-state index in [1.165, 1.54) is 23.5 Å². The van der Waals surface area contributed by atoms with E-state index in [4.69, 9.17) is 17.3 Å². The number of thiophene rings is 1. The van der Waals surface area contributed by atoms with Gasteiger partial charge in [0.25, 0.3) is 5.91 Å². The Hall–Kier alpha value is -1.87. The van der Waals surface area contributed by atoms with Gasteiger partial charge in [-0.2, -0.15) is 0 Å². The molecule has 0 saturated carbocycles. The first kappa shape index (κ1) is 15.5. The fourth-order valence-electron chi connectivity index (χ4n) is 1.61. The quantitative estimate of drug-likeness (QED) is 0.832. The van der Waals surface area contributed by atoms with Crippen molar-refractivity contribution in [2.45, 2.75) is 6.92 Å². The number of nitrogens with one attached hydrogen (secondary N) is 1. The van der Waals surface area contributed by atoms with Crippen LogP contribution in [0.25, 0.3) is 0 Å². The van der Waals surface area contributed by atoms with E-state index in [1.807, 2.05) is 0 Å². The summed E-state index contributed by atoms with van der Waals surface area (Å²) in [6.45, 7) is 2.01. The molecule has 0 aliphatic heterocycles. The summed E-state index contributed by atoms with van der Waals surface area (Å²) in [7, 11) is 0. The number of nitrogens with two attached hydrogens (primary N) is 1. The Balaban J connectivity index is 2.20. The molecule has 2 aromatic rings. The van der Waals surface area contributed by atoms with Crippen molar-refractivity contribution in [3.05, 3.63) is 50.4 Å². The lowest BCUT2D eigenvalue weighted by Crippen LogP contribution is -2.12. The third kappa shape index (κ3) is 3.61. The van der Waals surface area contributed by atoms with Gasteiger partial charge in [-0.3, -0.25) is 4.79 Å². The number of hydrogen-bond donors (Lipinski definition) is 2. The molecule has 0 aliphatic rings. The third-order valence-electron chi connectivity index (χ3n) is 2.66. The highest BCUT2D eigenvalue weighted by Gasteiger charge is 2.16. The summed E-state index contributed by atoms with van der Waals surface area (Å²) in [6.07, 6.45) is 0. The van der Waals surface area contributed by atoms with Crippen LogP contribution in [0.3, 0.4) is 0 Å². The SMILES string of the molecule is Cc1csc(C(=O)Nc2ccc(C#CCN)cc2F)c1Cl. The van der Waals surface area contributed by atoms with E-state index in [2.05, 4.69) is 17.2 Å². The maximum Gasteiger partial charge on any atom is 0.267 e. The van der Waals surface area contributed by atoms with Crippen LogP contribution in [0.1, 0.15) is 20.8 Å². The largest absolute Gasteiger partial charge is 0.320 e. The summed E-state index contributed by atoms with van der Waals surface area (Å²) in [6, 6.07) is 4.32. The number of halogens is 2. The first-order chi connectivity index (χ1) is 10.0. The van der Waals surface area contributed by atoms with Crippen molar-refractivity contribution in [2.24, 2.45) is 5.73 Å². The minimum absolute atomic E-state index is 0.0837. The van der Waals surface area contributed by atoms with Crippen molar-refractivity contribution >= 4 is 34.5 Å². The van der Waals surface area contributed by atoms with Crippen molar-refractivity contribution < 1.29 is 9.18 Å². The van der Waals surface area contributed by atoms with Gasteiger partial charge in [0, 0.05) is 5.56 Å². The summed E-state index contributed by atoms with van der Waals surface area (Å²) < 4.78 is 13.9. The van der Waals surface area contributed by atoms with Crippen LogP contribution in [-0.2, 0) is 0 Å². The Bertz CT molecular complexity index is 746. The molecule has 0 radical (unpaired) electrons. The van der Waals surface area contributed by atoms with Crippen LogP contribution in [0.15, 0.2) is 23.6 Å². The van der Waals surface area contributed by atoms with Gasteiger partial charge in [-0.15, -0.1) is 11.3 Å². The predicted octanol–water partition coefficient (Wildman–Crippen LogP) is 3.41. The Labute approximate surface area is 130 Å². The lowest BCUT2D eigenvalue weighted by Gasteiger charge is -2.06. The van der Waals surface area contributed by atoms with E-state index < -0.39 is 11.7 Å². The lowest BCUT2D eigenvalue weighted by molar-refractivity contribution is 0.103. The van der Waals surface area contributed by atoms with E-state index in [-0.39, 0.29) is 12.2 Å². The molecule has 0 fully saturated rings. The van der Waals surface area contributed by atoms with E-state index in [0.717, 1.165) is 5.56 Å². The first-order valence-corrected chi connectivity index (χ1v) is 7.32. The molecule has 1 aromatic heterocycles. The van der Waals surface area contributed by atoms with E-state index in [0.29, 0.717) is 15.5 Å². The van der Waals surface area contributed by atoms with E-state index in [9.17, 15) is 9.18 Å². The fraction of sp³-hybridized carbons (Fsp3) is 0.133. The van der Waals surface area contributed by atoms with Gasteiger partial charge >= 0.3 is 0 Å². The van der Waals surface area contributed by atoms with Crippen LogP contribution in [0.2, 0.25) is 5.02 Å². The highest BCUT2D eigenvalue weighted by molar-refractivity contribution is 7.13. The van der Waals surface area contributed by atoms with Crippen LogP contribution in [0.4, 0.5) is 10.1 Å². The van der Waals surface area contributed by atoms with Gasteiger partial charge in [-0.05, 0) is 36.1 Å². The maximum atomic E-state index is 13.9. The second-order valence-corrected chi connectivity index (χ2v) is 5.47. The van der Waals surface area contributed by atoms with Crippen LogP contribution >= 0.6 is 22.9 Å².